The third kappa shape index (κ3) is 5.74. The van der Waals surface area contributed by atoms with Gasteiger partial charge >= 0.3 is 0 Å². The molecule has 0 saturated carbocycles. The second-order valence-corrected chi connectivity index (χ2v) is 10.7. The molecule has 0 aliphatic carbocycles. The number of benzene rings is 1. The summed E-state index contributed by atoms with van der Waals surface area (Å²) in [5, 5.41) is 3.00. The van der Waals surface area contributed by atoms with E-state index in [1.807, 2.05) is 6.07 Å². The summed E-state index contributed by atoms with van der Waals surface area (Å²) in [6.45, 7) is 8.82. The van der Waals surface area contributed by atoms with Crippen molar-refractivity contribution in [2.75, 3.05) is 52.5 Å². The van der Waals surface area contributed by atoms with E-state index >= 15 is 0 Å². The van der Waals surface area contributed by atoms with E-state index in [4.69, 9.17) is 9.72 Å². The minimum atomic E-state index is -3.48. The number of nitrogens with zero attached hydrogens (tertiary/aromatic N) is 4. The number of ether oxygens (including phenoxy) is 1. The molecular formula is C23H35N5O4S. The van der Waals surface area contributed by atoms with Crippen LogP contribution in [0.1, 0.15) is 38.4 Å². The van der Waals surface area contributed by atoms with Gasteiger partial charge in [-0.1, -0.05) is 6.92 Å². The first-order chi connectivity index (χ1) is 16.0. The van der Waals surface area contributed by atoms with Crippen molar-refractivity contribution in [2.24, 2.45) is 0 Å². The first-order valence-corrected chi connectivity index (χ1v) is 13.5. The van der Waals surface area contributed by atoms with Crippen LogP contribution in [0.5, 0.6) is 0 Å². The number of carbonyl (C=O) groups excluding carboxylic acids is 1. The predicted octanol–water partition coefficient (Wildman–Crippen LogP) is 1.61. The summed E-state index contributed by atoms with van der Waals surface area (Å²) < 4.78 is 34.9. The predicted molar refractivity (Wildman–Crippen MR) is 127 cm³/mol. The van der Waals surface area contributed by atoms with Crippen molar-refractivity contribution in [1.82, 2.24) is 24.1 Å². The lowest BCUT2D eigenvalue weighted by molar-refractivity contribution is -0.121. The topological polar surface area (TPSA) is 96.8 Å². The quantitative estimate of drug-likeness (QED) is 0.559. The van der Waals surface area contributed by atoms with E-state index in [0.29, 0.717) is 42.9 Å². The van der Waals surface area contributed by atoms with E-state index < -0.39 is 10.0 Å². The molecule has 0 bridgehead atoms. The van der Waals surface area contributed by atoms with Crippen LogP contribution in [0.25, 0.3) is 11.0 Å². The maximum absolute atomic E-state index is 13.0. The molecular weight excluding hydrogens is 442 g/mol. The van der Waals surface area contributed by atoms with Gasteiger partial charge in [0.15, 0.2) is 0 Å². The lowest BCUT2D eigenvalue weighted by Gasteiger charge is -2.26. The van der Waals surface area contributed by atoms with Crippen LogP contribution >= 0.6 is 0 Å². The molecule has 2 saturated heterocycles. The molecule has 2 aliphatic rings. The second kappa shape index (κ2) is 10.9. The number of fused-ring (bicyclic) bond motifs is 1. The number of hydrogen-bond donors (Lipinski definition) is 1. The van der Waals surface area contributed by atoms with Crippen molar-refractivity contribution in [1.29, 1.82) is 0 Å². The molecule has 1 amide bonds. The van der Waals surface area contributed by atoms with E-state index in [0.717, 1.165) is 70.0 Å². The van der Waals surface area contributed by atoms with Crippen LogP contribution < -0.4 is 5.32 Å². The Morgan fingerprint density at radius 2 is 1.88 bits per heavy atom. The van der Waals surface area contributed by atoms with Crippen LogP contribution in [0.15, 0.2) is 23.1 Å². The standard InChI is InChI=1S/C23H35N5O4S/c1-2-10-28-21-6-5-19(33(30,31)27-11-3-4-12-27)18-20(21)25-22(28)7-8-23(29)24-9-13-26-14-16-32-17-15-26/h5-6,18H,2-4,7-17H2,1H3,(H,24,29). The van der Waals surface area contributed by atoms with Gasteiger partial charge in [0.2, 0.25) is 15.9 Å². The summed E-state index contributed by atoms with van der Waals surface area (Å²) in [6.07, 6.45) is 3.62. The Bertz CT molecular complexity index is 1060. The fraction of sp³-hybridized carbons (Fsp3) is 0.652. The summed E-state index contributed by atoms with van der Waals surface area (Å²) in [7, 11) is -3.48. The molecule has 0 unspecified atom stereocenters. The number of aromatic nitrogens is 2. The molecule has 33 heavy (non-hydrogen) atoms. The van der Waals surface area contributed by atoms with Gasteiger partial charge in [0.1, 0.15) is 5.82 Å². The first-order valence-electron chi connectivity index (χ1n) is 12.0. The van der Waals surface area contributed by atoms with Gasteiger partial charge in [-0.3, -0.25) is 9.69 Å². The second-order valence-electron chi connectivity index (χ2n) is 8.75. The van der Waals surface area contributed by atoms with Crippen LogP contribution in [0.2, 0.25) is 0 Å². The number of carbonyl (C=O) groups is 1. The molecule has 1 N–H and O–H groups in total. The average molecular weight is 478 g/mol. The Kier molecular flexibility index (Phi) is 8.00. The summed E-state index contributed by atoms with van der Waals surface area (Å²) in [5.41, 5.74) is 1.59. The van der Waals surface area contributed by atoms with Crippen molar-refractivity contribution >= 4 is 27.0 Å². The van der Waals surface area contributed by atoms with Crippen LogP contribution in [-0.2, 0) is 32.5 Å². The molecule has 2 fully saturated rings. The fourth-order valence-electron chi connectivity index (χ4n) is 4.55. The molecule has 1 aromatic carbocycles. The highest BCUT2D eigenvalue weighted by molar-refractivity contribution is 7.89. The summed E-state index contributed by atoms with van der Waals surface area (Å²) in [4.78, 5) is 19.7. The van der Waals surface area contributed by atoms with Crippen LogP contribution in [-0.4, -0.2) is 85.6 Å². The molecule has 0 spiro atoms. The number of amides is 1. The van der Waals surface area contributed by atoms with E-state index in [2.05, 4.69) is 21.7 Å². The molecule has 2 aliphatic heterocycles. The van der Waals surface area contributed by atoms with Gasteiger partial charge in [-0.15, -0.1) is 0 Å². The van der Waals surface area contributed by atoms with Gasteiger partial charge in [0.25, 0.3) is 0 Å². The zero-order valence-corrected chi connectivity index (χ0v) is 20.3. The van der Waals surface area contributed by atoms with E-state index in [1.54, 1.807) is 16.4 Å². The SMILES string of the molecule is CCCn1c(CCC(=O)NCCN2CCOCC2)nc2cc(S(=O)(=O)N3CCCC3)ccc21. The van der Waals surface area contributed by atoms with Crippen LogP contribution in [0, 0.1) is 0 Å². The lowest BCUT2D eigenvalue weighted by atomic mass is 10.2. The highest BCUT2D eigenvalue weighted by Crippen LogP contribution is 2.25. The Hall–Kier alpha value is -2.01. The molecule has 4 rings (SSSR count). The monoisotopic (exact) mass is 477 g/mol. The van der Waals surface area contributed by atoms with E-state index in [1.165, 1.54) is 0 Å². The largest absolute Gasteiger partial charge is 0.379 e. The van der Waals surface area contributed by atoms with Crippen LogP contribution in [0.3, 0.4) is 0 Å². The highest BCUT2D eigenvalue weighted by atomic mass is 32.2. The minimum absolute atomic E-state index is 0.00987. The average Bonchev–Trinajstić information content (AvgIpc) is 3.48. The van der Waals surface area contributed by atoms with Crippen molar-refractivity contribution in [3.63, 3.8) is 0 Å². The van der Waals surface area contributed by atoms with Gasteiger partial charge in [0.05, 0.1) is 29.1 Å². The van der Waals surface area contributed by atoms with Gasteiger partial charge in [0, 0.05) is 58.7 Å². The van der Waals surface area contributed by atoms with E-state index in [9.17, 15) is 13.2 Å². The Balaban J connectivity index is 1.41. The summed E-state index contributed by atoms with van der Waals surface area (Å²) >= 11 is 0. The number of imidazole rings is 1. The zero-order chi connectivity index (χ0) is 23.3. The Morgan fingerprint density at radius 3 is 2.61 bits per heavy atom. The van der Waals surface area contributed by atoms with Crippen molar-refractivity contribution in [2.45, 2.75) is 50.5 Å². The summed E-state index contributed by atoms with van der Waals surface area (Å²) in [6, 6.07) is 5.22. The van der Waals surface area contributed by atoms with Gasteiger partial charge < -0.3 is 14.6 Å². The molecule has 3 heterocycles. The molecule has 0 atom stereocenters. The maximum atomic E-state index is 13.0. The Morgan fingerprint density at radius 1 is 1.12 bits per heavy atom. The number of nitrogens with one attached hydrogen (secondary N) is 1. The lowest BCUT2D eigenvalue weighted by Crippen LogP contribution is -2.41. The number of rotatable bonds is 10. The number of sulfonamides is 1. The van der Waals surface area contributed by atoms with E-state index in [-0.39, 0.29) is 5.91 Å². The maximum Gasteiger partial charge on any atom is 0.243 e. The Labute approximate surface area is 196 Å². The number of aryl methyl sites for hydroxylation is 2. The normalized spacial score (nSPS) is 18.2. The smallest absolute Gasteiger partial charge is 0.243 e. The number of hydrogen-bond acceptors (Lipinski definition) is 6. The number of morpholine rings is 1. The van der Waals surface area contributed by atoms with Crippen LogP contribution in [0.4, 0.5) is 0 Å². The van der Waals surface area contributed by atoms with Crippen molar-refractivity contribution in [3.05, 3.63) is 24.0 Å². The van der Waals surface area contributed by atoms with Crippen molar-refractivity contribution in [3.8, 4) is 0 Å². The van der Waals surface area contributed by atoms with Crippen molar-refractivity contribution < 1.29 is 17.9 Å². The minimum Gasteiger partial charge on any atom is -0.379 e. The molecule has 2 aromatic rings. The molecule has 1 aromatic heterocycles. The molecule has 10 heteroatoms. The molecule has 0 radical (unpaired) electrons. The molecule has 9 nitrogen and oxygen atoms in total. The highest BCUT2D eigenvalue weighted by Gasteiger charge is 2.28. The molecule has 182 valence electrons. The van der Waals surface area contributed by atoms with Gasteiger partial charge in [-0.05, 0) is 37.5 Å². The van der Waals surface area contributed by atoms with Gasteiger partial charge in [-0.2, -0.15) is 4.31 Å². The zero-order valence-electron chi connectivity index (χ0n) is 19.5. The fourth-order valence-corrected chi connectivity index (χ4v) is 6.09. The first kappa shape index (κ1) is 24.1. The van der Waals surface area contributed by atoms with Gasteiger partial charge in [-0.25, -0.2) is 13.4 Å². The third-order valence-electron chi connectivity index (χ3n) is 6.38. The third-order valence-corrected chi connectivity index (χ3v) is 8.27. The summed E-state index contributed by atoms with van der Waals surface area (Å²) in [5.74, 6) is 0.835.